The molecule has 1 aromatic carbocycles. The number of piperidine rings is 1. The van der Waals surface area contributed by atoms with Crippen LogP contribution in [0.2, 0.25) is 0 Å². The maximum Gasteiger partial charge on any atom is 0.433 e. The molecular weight excluding hydrogens is 426 g/mol. The number of aromatic nitrogens is 2. The van der Waals surface area contributed by atoms with Crippen molar-refractivity contribution in [1.82, 2.24) is 15.3 Å². The van der Waals surface area contributed by atoms with Gasteiger partial charge in [0.25, 0.3) is 0 Å². The van der Waals surface area contributed by atoms with Gasteiger partial charge < -0.3 is 10.2 Å². The molecule has 0 saturated carbocycles. The van der Waals surface area contributed by atoms with E-state index in [1.54, 1.807) is 4.90 Å². The van der Waals surface area contributed by atoms with Gasteiger partial charge in [0.1, 0.15) is 17.3 Å². The normalized spacial score (nSPS) is 15.8. The van der Waals surface area contributed by atoms with Crippen molar-refractivity contribution in [2.75, 3.05) is 18.0 Å². The molecule has 1 fully saturated rings. The van der Waals surface area contributed by atoms with Crippen LogP contribution in [0.3, 0.4) is 0 Å². The third kappa shape index (κ3) is 5.86. The van der Waals surface area contributed by atoms with Crippen LogP contribution >= 0.6 is 0 Å². The predicted octanol–water partition coefficient (Wildman–Crippen LogP) is 4.36. The van der Waals surface area contributed by atoms with Gasteiger partial charge in [-0.2, -0.15) is 26.3 Å². The second kappa shape index (κ2) is 8.72. The number of hydrogen-bond acceptors (Lipinski definition) is 4. The molecule has 0 atom stereocenters. The molecule has 1 saturated heterocycles. The highest BCUT2D eigenvalue weighted by Crippen LogP contribution is 2.31. The Balaban J connectivity index is 1.54. The fraction of sp³-hybridized carbons (Fsp3) is 0.450. The Morgan fingerprint density at radius 2 is 1.65 bits per heavy atom. The number of amides is 1. The van der Waals surface area contributed by atoms with Gasteiger partial charge in [0.05, 0.1) is 5.56 Å². The number of alkyl halides is 6. The highest BCUT2D eigenvalue weighted by molar-refractivity contribution is 5.79. The van der Waals surface area contributed by atoms with Crippen LogP contribution in [0, 0.1) is 12.8 Å². The summed E-state index contributed by atoms with van der Waals surface area (Å²) in [6.07, 6.45) is -8.15. The number of anilines is 1. The molecular formula is C20H20F6N4O. The predicted molar refractivity (Wildman–Crippen MR) is 100.0 cm³/mol. The van der Waals surface area contributed by atoms with Crippen molar-refractivity contribution in [3.05, 3.63) is 53.0 Å². The van der Waals surface area contributed by atoms with Gasteiger partial charge in [-0.25, -0.2) is 9.97 Å². The van der Waals surface area contributed by atoms with E-state index in [0.717, 1.165) is 18.2 Å². The summed E-state index contributed by atoms with van der Waals surface area (Å²) in [6, 6.07) is 5.43. The van der Waals surface area contributed by atoms with E-state index in [1.807, 2.05) is 0 Å². The van der Waals surface area contributed by atoms with Crippen molar-refractivity contribution in [1.29, 1.82) is 0 Å². The number of nitrogens with zero attached hydrogens (tertiary/aromatic N) is 3. The van der Waals surface area contributed by atoms with E-state index in [4.69, 9.17) is 0 Å². The summed E-state index contributed by atoms with van der Waals surface area (Å²) in [6.45, 7) is 2.19. The zero-order valence-corrected chi connectivity index (χ0v) is 16.5. The molecule has 0 radical (unpaired) electrons. The molecule has 0 bridgehead atoms. The molecule has 2 heterocycles. The maximum absolute atomic E-state index is 13.0. The van der Waals surface area contributed by atoms with Crippen LogP contribution in [0.15, 0.2) is 30.3 Å². The standard InChI is InChI=1S/C20H20F6N4O/c1-12-28-16(20(24,25)26)10-17(29-12)30-8-6-14(7-9-30)18(31)27-11-13-2-4-15(5-3-13)19(21,22)23/h2-5,10,14H,6-9,11H2,1H3,(H,27,31). The minimum Gasteiger partial charge on any atom is -0.356 e. The lowest BCUT2D eigenvalue weighted by Crippen LogP contribution is -2.40. The van der Waals surface area contributed by atoms with Crippen molar-refractivity contribution < 1.29 is 31.1 Å². The molecule has 1 aliphatic heterocycles. The molecule has 1 amide bonds. The fourth-order valence-electron chi connectivity index (χ4n) is 3.38. The first-order valence-electron chi connectivity index (χ1n) is 9.55. The van der Waals surface area contributed by atoms with E-state index >= 15 is 0 Å². The molecule has 1 N–H and O–H groups in total. The number of halogens is 6. The molecule has 168 valence electrons. The quantitative estimate of drug-likeness (QED) is 0.710. The third-order valence-electron chi connectivity index (χ3n) is 5.05. The second-order valence-electron chi connectivity index (χ2n) is 7.33. The van der Waals surface area contributed by atoms with Crippen molar-refractivity contribution in [2.24, 2.45) is 5.92 Å². The fourth-order valence-corrected chi connectivity index (χ4v) is 3.38. The number of nitrogens with one attached hydrogen (secondary N) is 1. The van der Waals surface area contributed by atoms with Gasteiger partial charge in [-0.1, -0.05) is 12.1 Å². The van der Waals surface area contributed by atoms with Crippen molar-refractivity contribution in [3.63, 3.8) is 0 Å². The number of benzene rings is 1. The average molecular weight is 446 g/mol. The highest BCUT2D eigenvalue weighted by Gasteiger charge is 2.34. The Kier molecular flexibility index (Phi) is 6.42. The SMILES string of the molecule is Cc1nc(N2CCC(C(=O)NCc3ccc(C(F)(F)F)cc3)CC2)cc(C(F)(F)F)n1. The molecule has 3 rings (SSSR count). The van der Waals surface area contributed by atoms with E-state index in [1.165, 1.54) is 19.1 Å². The van der Waals surface area contributed by atoms with Gasteiger partial charge in [0.15, 0.2) is 0 Å². The van der Waals surface area contributed by atoms with Gasteiger partial charge >= 0.3 is 12.4 Å². The van der Waals surface area contributed by atoms with Gasteiger partial charge in [0.2, 0.25) is 5.91 Å². The van der Waals surface area contributed by atoms with Crippen molar-refractivity contribution in [3.8, 4) is 0 Å². The van der Waals surface area contributed by atoms with E-state index in [-0.39, 0.29) is 30.0 Å². The second-order valence-corrected chi connectivity index (χ2v) is 7.33. The Hall–Kier alpha value is -2.85. The lowest BCUT2D eigenvalue weighted by Gasteiger charge is -2.32. The summed E-state index contributed by atoms with van der Waals surface area (Å²) in [7, 11) is 0. The van der Waals surface area contributed by atoms with E-state index in [0.29, 0.717) is 31.5 Å². The first-order valence-corrected chi connectivity index (χ1v) is 9.55. The number of carbonyl (C=O) groups excluding carboxylic acids is 1. The number of rotatable bonds is 4. The molecule has 0 unspecified atom stereocenters. The maximum atomic E-state index is 13.0. The lowest BCUT2D eigenvalue weighted by atomic mass is 9.95. The lowest BCUT2D eigenvalue weighted by molar-refractivity contribution is -0.141. The minimum atomic E-state index is -4.57. The summed E-state index contributed by atoms with van der Waals surface area (Å²) in [4.78, 5) is 21.6. The van der Waals surface area contributed by atoms with E-state index in [2.05, 4.69) is 15.3 Å². The van der Waals surface area contributed by atoms with Crippen LogP contribution in [0.5, 0.6) is 0 Å². The number of carbonyl (C=O) groups is 1. The topological polar surface area (TPSA) is 58.1 Å². The van der Waals surface area contributed by atoms with Gasteiger partial charge in [0, 0.05) is 31.6 Å². The minimum absolute atomic E-state index is 0.0150. The van der Waals surface area contributed by atoms with Crippen LogP contribution in [-0.2, 0) is 23.7 Å². The number of hydrogen-bond donors (Lipinski definition) is 1. The summed E-state index contributed by atoms with van der Waals surface area (Å²) in [5.41, 5.74) is -1.23. The first-order chi connectivity index (χ1) is 14.4. The molecule has 5 nitrogen and oxygen atoms in total. The Morgan fingerprint density at radius 1 is 1.03 bits per heavy atom. The summed E-state index contributed by atoms with van der Waals surface area (Å²) >= 11 is 0. The Labute approximate surface area is 174 Å². The van der Waals surface area contributed by atoms with Gasteiger partial charge in [-0.15, -0.1) is 0 Å². The van der Waals surface area contributed by atoms with Gasteiger partial charge in [-0.05, 0) is 37.5 Å². The van der Waals surface area contributed by atoms with Gasteiger partial charge in [-0.3, -0.25) is 4.79 Å². The smallest absolute Gasteiger partial charge is 0.356 e. The monoisotopic (exact) mass is 446 g/mol. The zero-order valence-electron chi connectivity index (χ0n) is 16.5. The molecule has 11 heteroatoms. The summed E-state index contributed by atoms with van der Waals surface area (Å²) < 4.78 is 76.7. The summed E-state index contributed by atoms with van der Waals surface area (Å²) in [5, 5.41) is 2.71. The molecule has 0 aliphatic carbocycles. The van der Waals surface area contributed by atoms with E-state index in [9.17, 15) is 31.1 Å². The first kappa shape index (κ1) is 22.8. The Morgan fingerprint density at radius 3 is 2.19 bits per heavy atom. The number of aryl methyl sites for hydroxylation is 1. The molecule has 0 spiro atoms. The van der Waals surface area contributed by atoms with Crippen LogP contribution in [-0.4, -0.2) is 29.0 Å². The van der Waals surface area contributed by atoms with Crippen molar-refractivity contribution in [2.45, 2.75) is 38.7 Å². The molecule has 2 aromatic rings. The Bertz CT molecular complexity index is 919. The molecule has 1 aromatic heterocycles. The van der Waals surface area contributed by atoms with E-state index < -0.39 is 23.6 Å². The van der Waals surface area contributed by atoms with Crippen LogP contribution < -0.4 is 10.2 Å². The van der Waals surface area contributed by atoms with Crippen molar-refractivity contribution >= 4 is 11.7 Å². The van der Waals surface area contributed by atoms with Crippen LogP contribution in [0.25, 0.3) is 0 Å². The third-order valence-corrected chi connectivity index (χ3v) is 5.05. The molecule has 1 aliphatic rings. The average Bonchev–Trinajstić information content (AvgIpc) is 2.70. The largest absolute Gasteiger partial charge is 0.433 e. The highest BCUT2D eigenvalue weighted by atomic mass is 19.4. The van der Waals surface area contributed by atoms with Crippen LogP contribution in [0.1, 0.15) is 35.5 Å². The summed E-state index contributed by atoms with van der Waals surface area (Å²) in [5.74, 6) is -0.394. The van der Waals surface area contributed by atoms with Crippen LogP contribution in [0.4, 0.5) is 32.2 Å². The zero-order chi connectivity index (χ0) is 22.8. The molecule has 31 heavy (non-hydrogen) atoms.